The van der Waals surface area contributed by atoms with E-state index in [1.54, 1.807) is 9.80 Å². The highest BCUT2D eigenvalue weighted by molar-refractivity contribution is 5.75. The van der Waals surface area contributed by atoms with Gasteiger partial charge in [-0.3, -0.25) is 19.3 Å². The van der Waals surface area contributed by atoms with Crippen LogP contribution in [-0.2, 0) is 32.6 Å². The topological polar surface area (TPSA) is 129 Å². The fraction of sp³-hybridized carbons (Fsp3) is 0.282. The molecule has 2 saturated heterocycles. The maximum atomic E-state index is 13.5. The standard InChI is InChI=1S/C36H38N4O3.C35H39N3O2/c41-35-37-31-21-10-11-22-33(31)40(35)32-23-24-39(36(42)43)34(30(32)20-12-19-27-13-4-1-5-14-27)38(25-28-15-6-2-7-16-28)26-29-17-8-3-9-18-29;39-35(40)37-25-23-34(38(31-18-9-3-10-19-31)32-20-11-4-12-21-32)26-33(37)22-13-24-36(27-29-14-5-1-6-15-29)28-30-16-7-2-8-17-30/h1-11,13-18,21-22,30,32,34H,12,19-20,23-26H2,(H,37,41)(H,42,43);1-12,14-21,33-34H,13,22-28H2,(H,39,40)/t30?,32-,34-;/m0./s1. The van der Waals surface area contributed by atoms with E-state index in [1.807, 2.05) is 83.4 Å². The molecule has 0 saturated carbocycles. The van der Waals surface area contributed by atoms with Crippen LogP contribution in [0, 0.1) is 5.92 Å². The highest BCUT2D eigenvalue weighted by atomic mass is 16.4. The van der Waals surface area contributed by atoms with Gasteiger partial charge in [-0.2, -0.15) is 0 Å². The van der Waals surface area contributed by atoms with Crippen LogP contribution in [0.4, 0.5) is 21.0 Å². The van der Waals surface area contributed by atoms with Gasteiger partial charge in [-0.15, -0.1) is 0 Å². The Morgan fingerprint density at radius 1 is 0.494 bits per heavy atom. The normalized spacial score (nSPS) is 17.9. The van der Waals surface area contributed by atoms with Crippen molar-refractivity contribution in [3.8, 4) is 0 Å². The number of carboxylic acid groups (broad SMARTS) is 2. The average molecular weight is 1110 g/mol. The number of rotatable bonds is 21. The fourth-order valence-corrected chi connectivity index (χ4v) is 12.8. The maximum absolute atomic E-state index is 13.5. The zero-order valence-corrected chi connectivity index (χ0v) is 47.3. The van der Waals surface area contributed by atoms with Crippen LogP contribution in [0.1, 0.15) is 78.8 Å². The lowest BCUT2D eigenvalue weighted by Crippen LogP contribution is -2.59. The molecule has 0 radical (unpaired) electrons. The number of aromatic amines is 1. The highest BCUT2D eigenvalue weighted by Gasteiger charge is 2.45. The number of nitrogens with one attached hydrogen (secondary N) is 1. The Labute approximate surface area is 488 Å². The Balaban J connectivity index is 0.000000186. The van der Waals surface area contributed by atoms with Gasteiger partial charge in [0.05, 0.1) is 17.2 Å². The number of aryl methyl sites for hydroxylation is 1. The first-order valence-electron chi connectivity index (χ1n) is 29.5. The van der Waals surface area contributed by atoms with Crippen LogP contribution in [0.2, 0.25) is 0 Å². The average Bonchev–Trinajstić information content (AvgIpc) is 4.16. The van der Waals surface area contributed by atoms with Gasteiger partial charge >= 0.3 is 17.9 Å². The van der Waals surface area contributed by atoms with Crippen molar-refractivity contribution in [2.75, 3.05) is 24.5 Å². The quantitative estimate of drug-likeness (QED) is 0.0649. The molecule has 8 aromatic carbocycles. The van der Waals surface area contributed by atoms with E-state index >= 15 is 0 Å². The second-order valence-corrected chi connectivity index (χ2v) is 22.2. The van der Waals surface area contributed by atoms with E-state index in [2.05, 4.69) is 177 Å². The van der Waals surface area contributed by atoms with Crippen molar-refractivity contribution in [1.29, 1.82) is 0 Å². The molecule has 9 aromatic rings. The van der Waals surface area contributed by atoms with Gasteiger partial charge in [0.1, 0.15) is 0 Å². The van der Waals surface area contributed by atoms with Crippen molar-refractivity contribution in [2.24, 2.45) is 5.92 Å². The molecule has 2 aliphatic rings. The molecule has 2 aliphatic heterocycles. The van der Waals surface area contributed by atoms with Gasteiger partial charge in [0.15, 0.2) is 0 Å². The Morgan fingerprint density at radius 3 is 1.45 bits per heavy atom. The third-order valence-corrected chi connectivity index (χ3v) is 16.6. The van der Waals surface area contributed by atoms with Crippen molar-refractivity contribution in [2.45, 2.75) is 102 Å². The predicted octanol–water partition coefficient (Wildman–Crippen LogP) is 14.7. The number of piperidine rings is 2. The number of para-hydroxylation sites is 4. The van der Waals surface area contributed by atoms with Crippen molar-refractivity contribution in [3.63, 3.8) is 0 Å². The Bertz CT molecular complexity index is 3320. The molecular formula is C71H77N7O5. The molecule has 12 heteroatoms. The van der Waals surface area contributed by atoms with Crippen LogP contribution in [0.3, 0.4) is 0 Å². The van der Waals surface area contributed by atoms with E-state index in [0.29, 0.717) is 32.6 Å². The summed E-state index contributed by atoms with van der Waals surface area (Å²) in [5.74, 6) is -0.113. The van der Waals surface area contributed by atoms with E-state index < -0.39 is 18.4 Å². The van der Waals surface area contributed by atoms with Gasteiger partial charge < -0.3 is 25.0 Å². The summed E-state index contributed by atoms with van der Waals surface area (Å²) in [7, 11) is 0. The molecule has 2 fully saturated rings. The molecule has 12 nitrogen and oxygen atoms in total. The minimum atomic E-state index is -0.922. The summed E-state index contributed by atoms with van der Waals surface area (Å²) < 4.78 is 1.90. The fourth-order valence-electron chi connectivity index (χ4n) is 12.8. The SMILES string of the molecule is O=C(O)N1CCC(N(c2ccccc2)c2ccccc2)CC1CCCN(Cc1ccccc1)Cc1ccccc1.O=C(O)N1CC[C@H](n2c(=O)[nH]c3ccccc32)C(CCCc2ccccc2)[C@H]1N(Cc1ccccc1)Cc1ccccc1. The molecule has 3 heterocycles. The number of fused-ring (bicyclic) bond motifs is 1. The number of aromatic nitrogens is 2. The molecule has 0 bridgehead atoms. The molecule has 3 unspecified atom stereocenters. The van der Waals surface area contributed by atoms with Crippen LogP contribution in [0.15, 0.2) is 241 Å². The molecule has 3 N–H and O–H groups in total. The Morgan fingerprint density at radius 2 is 0.940 bits per heavy atom. The van der Waals surface area contributed by atoms with Crippen LogP contribution in [0.25, 0.3) is 11.0 Å². The van der Waals surface area contributed by atoms with Crippen LogP contribution >= 0.6 is 0 Å². The molecule has 426 valence electrons. The summed E-state index contributed by atoms with van der Waals surface area (Å²) in [6.45, 7) is 4.76. The summed E-state index contributed by atoms with van der Waals surface area (Å²) in [6.07, 6.45) is 4.39. The lowest BCUT2D eigenvalue weighted by atomic mass is 9.83. The number of hydrogen-bond acceptors (Lipinski definition) is 6. The Kier molecular flexibility index (Phi) is 20.0. The van der Waals surface area contributed by atoms with E-state index in [9.17, 15) is 24.6 Å². The van der Waals surface area contributed by atoms with Gasteiger partial charge in [0.2, 0.25) is 0 Å². The second kappa shape index (κ2) is 28.8. The number of carbonyl (C=O) groups is 2. The monoisotopic (exact) mass is 1110 g/mol. The number of likely N-dealkylation sites (tertiary alicyclic amines) is 2. The van der Waals surface area contributed by atoms with E-state index in [1.165, 1.54) is 16.7 Å². The maximum Gasteiger partial charge on any atom is 0.408 e. The molecule has 0 spiro atoms. The first kappa shape index (κ1) is 57.5. The first-order valence-corrected chi connectivity index (χ1v) is 29.5. The van der Waals surface area contributed by atoms with Crippen molar-refractivity contribution < 1.29 is 19.8 Å². The zero-order valence-electron chi connectivity index (χ0n) is 47.3. The van der Waals surface area contributed by atoms with E-state index in [4.69, 9.17) is 0 Å². The predicted molar refractivity (Wildman–Crippen MR) is 333 cm³/mol. The van der Waals surface area contributed by atoms with Gasteiger partial charge in [-0.25, -0.2) is 14.4 Å². The van der Waals surface area contributed by atoms with Gasteiger partial charge in [0, 0.05) is 74.7 Å². The summed E-state index contributed by atoms with van der Waals surface area (Å²) in [5, 5.41) is 20.6. The summed E-state index contributed by atoms with van der Waals surface area (Å²) >= 11 is 0. The molecule has 0 aliphatic carbocycles. The third kappa shape index (κ3) is 15.2. The van der Waals surface area contributed by atoms with E-state index in [-0.39, 0.29) is 29.7 Å². The van der Waals surface area contributed by atoms with Crippen LogP contribution in [-0.4, -0.2) is 89.4 Å². The number of imidazole rings is 1. The largest absolute Gasteiger partial charge is 0.465 e. The molecule has 5 atom stereocenters. The van der Waals surface area contributed by atoms with Crippen molar-refractivity contribution in [1.82, 2.24) is 29.2 Å². The number of benzene rings is 8. The zero-order chi connectivity index (χ0) is 57.2. The second-order valence-electron chi connectivity index (χ2n) is 22.2. The Hall–Kier alpha value is -8.71. The molecule has 11 rings (SSSR count). The molecule has 1 aromatic heterocycles. The first-order chi connectivity index (χ1) is 40.8. The highest BCUT2D eigenvalue weighted by Crippen LogP contribution is 2.41. The molecular weight excluding hydrogens is 1030 g/mol. The van der Waals surface area contributed by atoms with Crippen LogP contribution in [0.5, 0.6) is 0 Å². The van der Waals surface area contributed by atoms with Gasteiger partial charge in [-0.1, -0.05) is 200 Å². The van der Waals surface area contributed by atoms with E-state index in [0.717, 1.165) is 98.1 Å². The van der Waals surface area contributed by atoms with Crippen LogP contribution < -0.4 is 10.6 Å². The number of H-pyrrole nitrogens is 1. The van der Waals surface area contributed by atoms with Gasteiger partial charge in [-0.05, 0) is 122 Å². The molecule has 83 heavy (non-hydrogen) atoms. The third-order valence-electron chi connectivity index (χ3n) is 16.6. The number of hydrogen-bond donors (Lipinski definition) is 3. The lowest BCUT2D eigenvalue weighted by Gasteiger charge is -2.49. The summed E-state index contributed by atoms with van der Waals surface area (Å²) in [5.41, 5.74) is 9.93. The minimum Gasteiger partial charge on any atom is -0.465 e. The lowest BCUT2D eigenvalue weighted by molar-refractivity contribution is -0.0491. The smallest absolute Gasteiger partial charge is 0.408 e. The van der Waals surface area contributed by atoms with Gasteiger partial charge in [0.25, 0.3) is 0 Å². The number of amides is 2. The van der Waals surface area contributed by atoms with Crippen molar-refractivity contribution >= 4 is 34.6 Å². The summed E-state index contributed by atoms with van der Waals surface area (Å²) in [4.78, 5) is 52.2. The van der Waals surface area contributed by atoms with Crippen molar-refractivity contribution in [3.05, 3.63) is 275 Å². The molecule has 2 amide bonds. The summed E-state index contributed by atoms with van der Waals surface area (Å²) in [6, 6.07) is 80.9. The number of nitrogens with zero attached hydrogens (tertiary/aromatic N) is 6. The minimum absolute atomic E-state index is 0.0125. The number of anilines is 2.